The predicted octanol–water partition coefficient (Wildman–Crippen LogP) is 2.01. The molecular formula is C17H20N4O4. The van der Waals surface area contributed by atoms with Crippen LogP contribution < -0.4 is 0 Å². The van der Waals surface area contributed by atoms with Crippen LogP contribution in [-0.2, 0) is 4.74 Å². The molecule has 0 unspecified atom stereocenters. The Balaban J connectivity index is 1.39. The fraction of sp³-hybridized carbons (Fsp3) is 0.529. The summed E-state index contributed by atoms with van der Waals surface area (Å²) in [4.78, 5) is 25.8. The van der Waals surface area contributed by atoms with Gasteiger partial charge in [0.1, 0.15) is 18.4 Å². The fourth-order valence-corrected chi connectivity index (χ4v) is 3.35. The Labute approximate surface area is 144 Å². The predicted molar refractivity (Wildman–Crippen MR) is 86.2 cm³/mol. The van der Waals surface area contributed by atoms with Crippen LogP contribution in [0.3, 0.4) is 0 Å². The number of aromatic nitrogens is 3. The van der Waals surface area contributed by atoms with E-state index in [-0.39, 0.29) is 17.2 Å². The number of methoxy groups -OCH3 is 1. The van der Waals surface area contributed by atoms with E-state index < -0.39 is 5.97 Å². The Hall–Kier alpha value is -2.64. The molecular weight excluding hydrogens is 324 g/mol. The van der Waals surface area contributed by atoms with Crippen molar-refractivity contribution >= 4 is 11.9 Å². The molecule has 0 aromatic carbocycles. The first-order chi connectivity index (χ1) is 12.2. The Kier molecular flexibility index (Phi) is 4.03. The van der Waals surface area contributed by atoms with Crippen molar-refractivity contribution in [2.24, 2.45) is 0 Å². The molecule has 0 N–H and O–H groups in total. The molecule has 1 aliphatic heterocycles. The third-order valence-corrected chi connectivity index (χ3v) is 4.92. The van der Waals surface area contributed by atoms with E-state index in [2.05, 4.69) is 19.5 Å². The Bertz CT molecular complexity index is 784. The van der Waals surface area contributed by atoms with Gasteiger partial charge in [-0.3, -0.25) is 4.79 Å². The van der Waals surface area contributed by atoms with Crippen LogP contribution in [0, 0.1) is 0 Å². The highest BCUT2D eigenvalue weighted by atomic mass is 16.5. The van der Waals surface area contributed by atoms with Crippen LogP contribution in [0.25, 0.3) is 0 Å². The van der Waals surface area contributed by atoms with E-state index in [4.69, 9.17) is 4.42 Å². The maximum Gasteiger partial charge on any atom is 0.341 e. The van der Waals surface area contributed by atoms with Gasteiger partial charge >= 0.3 is 5.97 Å². The van der Waals surface area contributed by atoms with Crippen LogP contribution in [-0.4, -0.2) is 51.7 Å². The number of esters is 1. The van der Waals surface area contributed by atoms with Gasteiger partial charge in [0.15, 0.2) is 5.76 Å². The van der Waals surface area contributed by atoms with E-state index in [0.29, 0.717) is 25.0 Å². The molecule has 2 aliphatic rings. The molecule has 2 fully saturated rings. The number of amides is 1. The molecule has 0 spiro atoms. The molecule has 0 radical (unpaired) electrons. The molecule has 0 atom stereocenters. The molecule has 132 valence electrons. The van der Waals surface area contributed by atoms with Crippen LogP contribution in [0.15, 0.2) is 23.1 Å². The second-order valence-electron chi connectivity index (χ2n) is 6.59. The summed E-state index contributed by atoms with van der Waals surface area (Å²) in [5.74, 6) is 0.827. The summed E-state index contributed by atoms with van der Waals surface area (Å²) >= 11 is 0. The number of furan rings is 1. The molecule has 2 aromatic heterocycles. The summed E-state index contributed by atoms with van der Waals surface area (Å²) in [6.07, 6.45) is 7.17. The number of ether oxygens (including phenoxy) is 1. The second-order valence-corrected chi connectivity index (χ2v) is 6.59. The average molecular weight is 344 g/mol. The first-order valence-corrected chi connectivity index (χ1v) is 8.53. The van der Waals surface area contributed by atoms with Gasteiger partial charge in [-0.2, -0.15) is 0 Å². The zero-order valence-electron chi connectivity index (χ0n) is 14.1. The second kappa shape index (κ2) is 6.34. The van der Waals surface area contributed by atoms with Crippen LogP contribution >= 0.6 is 0 Å². The molecule has 8 nitrogen and oxygen atoms in total. The quantitative estimate of drug-likeness (QED) is 0.788. The van der Waals surface area contributed by atoms with Crippen LogP contribution in [0.1, 0.15) is 64.4 Å². The first-order valence-electron chi connectivity index (χ1n) is 8.53. The van der Waals surface area contributed by atoms with Crippen molar-refractivity contribution in [2.75, 3.05) is 20.2 Å². The molecule has 3 heterocycles. The lowest BCUT2D eigenvalue weighted by Crippen LogP contribution is -2.38. The Morgan fingerprint density at radius 1 is 1.24 bits per heavy atom. The summed E-state index contributed by atoms with van der Waals surface area (Å²) in [6.45, 7) is 1.27. The van der Waals surface area contributed by atoms with E-state index in [1.807, 2.05) is 6.33 Å². The van der Waals surface area contributed by atoms with E-state index in [0.717, 1.165) is 18.7 Å². The topological polar surface area (TPSA) is 90.5 Å². The smallest absolute Gasteiger partial charge is 0.341 e. The summed E-state index contributed by atoms with van der Waals surface area (Å²) < 4.78 is 12.1. The molecule has 1 saturated heterocycles. The molecule has 8 heteroatoms. The van der Waals surface area contributed by atoms with Gasteiger partial charge in [0, 0.05) is 31.1 Å². The van der Waals surface area contributed by atoms with Gasteiger partial charge in [0.2, 0.25) is 0 Å². The Morgan fingerprint density at radius 2 is 2.00 bits per heavy atom. The van der Waals surface area contributed by atoms with Crippen molar-refractivity contribution < 1.29 is 18.7 Å². The van der Waals surface area contributed by atoms with Crippen LogP contribution in [0.5, 0.6) is 0 Å². The molecule has 4 rings (SSSR count). The lowest BCUT2D eigenvalue weighted by Gasteiger charge is -2.31. The van der Waals surface area contributed by atoms with Gasteiger partial charge in [-0.05, 0) is 25.7 Å². The number of hydrogen-bond donors (Lipinski definition) is 0. The lowest BCUT2D eigenvalue weighted by molar-refractivity contribution is 0.0599. The van der Waals surface area contributed by atoms with Gasteiger partial charge in [0.05, 0.1) is 12.7 Å². The molecule has 1 aliphatic carbocycles. The standard InChI is InChI=1S/C17H20N4O4/c1-24-17(23)12-8-14(25-9-12)16(22)20-6-4-11(5-7-20)15-19-18-10-21(15)13-2-3-13/h8-11,13H,2-7H2,1H3. The summed E-state index contributed by atoms with van der Waals surface area (Å²) in [7, 11) is 1.29. The van der Waals surface area contributed by atoms with Crippen LogP contribution in [0.4, 0.5) is 0 Å². The van der Waals surface area contributed by atoms with Crippen molar-refractivity contribution in [2.45, 2.75) is 37.6 Å². The maximum atomic E-state index is 12.5. The molecule has 1 amide bonds. The number of carbonyl (C=O) groups is 2. The highest BCUT2D eigenvalue weighted by Crippen LogP contribution is 2.38. The SMILES string of the molecule is COC(=O)c1coc(C(=O)N2CCC(c3nncn3C3CC3)CC2)c1. The Morgan fingerprint density at radius 3 is 2.68 bits per heavy atom. The van der Waals surface area contributed by atoms with Crippen molar-refractivity contribution in [3.63, 3.8) is 0 Å². The minimum Gasteiger partial charge on any atom is -0.465 e. The molecule has 1 saturated carbocycles. The number of rotatable bonds is 4. The summed E-state index contributed by atoms with van der Waals surface area (Å²) in [5.41, 5.74) is 0.248. The first kappa shape index (κ1) is 15.9. The molecule has 25 heavy (non-hydrogen) atoms. The highest BCUT2D eigenvalue weighted by molar-refractivity contribution is 5.96. The monoisotopic (exact) mass is 344 g/mol. The summed E-state index contributed by atoms with van der Waals surface area (Å²) in [5, 5.41) is 8.36. The number of carbonyl (C=O) groups excluding carboxylic acids is 2. The largest absolute Gasteiger partial charge is 0.465 e. The minimum atomic E-state index is -0.513. The average Bonchev–Trinajstić information content (AvgIpc) is 3.18. The minimum absolute atomic E-state index is 0.167. The molecule has 0 bridgehead atoms. The third-order valence-electron chi connectivity index (χ3n) is 4.92. The summed E-state index contributed by atoms with van der Waals surface area (Å²) in [6, 6.07) is 1.99. The normalized spacial score (nSPS) is 18.4. The lowest BCUT2D eigenvalue weighted by atomic mass is 9.95. The van der Waals surface area contributed by atoms with Crippen molar-refractivity contribution in [1.29, 1.82) is 0 Å². The maximum absolute atomic E-state index is 12.5. The zero-order valence-corrected chi connectivity index (χ0v) is 14.1. The van der Waals surface area contributed by atoms with E-state index in [9.17, 15) is 9.59 Å². The third kappa shape index (κ3) is 3.04. The fourth-order valence-electron chi connectivity index (χ4n) is 3.35. The van der Waals surface area contributed by atoms with Gasteiger partial charge in [0.25, 0.3) is 5.91 Å². The van der Waals surface area contributed by atoms with E-state index in [1.54, 1.807) is 4.90 Å². The number of likely N-dealkylation sites (tertiary alicyclic amines) is 1. The highest BCUT2D eigenvalue weighted by Gasteiger charge is 2.32. The number of piperidine rings is 1. The van der Waals surface area contributed by atoms with E-state index >= 15 is 0 Å². The van der Waals surface area contributed by atoms with Gasteiger partial charge in [-0.25, -0.2) is 4.79 Å². The number of nitrogens with zero attached hydrogens (tertiary/aromatic N) is 4. The number of hydrogen-bond acceptors (Lipinski definition) is 6. The van der Waals surface area contributed by atoms with Crippen molar-refractivity contribution in [3.05, 3.63) is 35.8 Å². The van der Waals surface area contributed by atoms with Crippen molar-refractivity contribution in [1.82, 2.24) is 19.7 Å². The molecule has 2 aromatic rings. The zero-order chi connectivity index (χ0) is 17.4. The van der Waals surface area contributed by atoms with Gasteiger partial charge in [-0.1, -0.05) is 0 Å². The van der Waals surface area contributed by atoms with Crippen LogP contribution in [0.2, 0.25) is 0 Å². The van der Waals surface area contributed by atoms with Gasteiger partial charge < -0.3 is 18.6 Å². The van der Waals surface area contributed by atoms with Gasteiger partial charge in [-0.15, -0.1) is 10.2 Å². The van der Waals surface area contributed by atoms with Crippen molar-refractivity contribution in [3.8, 4) is 0 Å². The van der Waals surface area contributed by atoms with E-state index in [1.165, 1.54) is 32.3 Å².